The Morgan fingerprint density at radius 1 is 1.16 bits per heavy atom. The molecule has 9 nitrogen and oxygen atoms in total. The molecule has 170 valence electrons. The first kappa shape index (κ1) is 21.1. The zero-order chi connectivity index (χ0) is 22.1. The third-order valence-electron chi connectivity index (χ3n) is 6.11. The van der Waals surface area contributed by atoms with Crippen LogP contribution in [-0.4, -0.2) is 66.2 Å². The molecule has 0 atom stereocenters. The van der Waals surface area contributed by atoms with Gasteiger partial charge in [0.1, 0.15) is 5.03 Å². The summed E-state index contributed by atoms with van der Waals surface area (Å²) in [6, 6.07) is 5.64. The third kappa shape index (κ3) is 4.29. The van der Waals surface area contributed by atoms with Crippen LogP contribution in [0.15, 0.2) is 28.0 Å². The summed E-state index contributed by atoms with van der Waals surface area (Å²) < 4.78 is 12.5. The summed E-state index contributed by atoms with van der Waals surface area (Å²) in [5.41, 5.74) is 2.90. The van der Waals surface area contributed by atoms with Crippen molar-refractivity contribution in [2.24, 2.45) is 0 Å². The van der Waals surface area contributed by atoms with Gasteiger partial charge in [0.25, 0.3) is 0 Å². The SMILES string of the molecule is CN1CCN(n2c3c(c(SCC(=O)NCc4ccc5c(c4)OCO5)nc2=O)CCC3)CC1. The molecule has 1 aliphatic carbocycles. The number of hydrogen-bond donors (Lipinski definition) is 1. The molecular weight excluding hydrogens is 430 g/mol. The van der Waals surface area contributed by atoms with Crippen LogP contribution in [0.25, 0.3) is 0 Å². The Morgan fingerprint density at radius 3 is 2.81 bits per heavy atom. The van der Waals surface area contributed by atoms with Gasteiger partial charge in [-0.05, 0) is 44.0 Å². The van der Waals surface area contributed by atoms with Crippen molar-refractivity contribution < 1.29 is 14.3 Å². The van der Waals surface area contributed by atoms with Gasteiger partial charge in [-0.2, -0.15) is 4.98 Å². The average molecular weight is 458 g/mol. The van der Waals surface area contributed by atoms with Crippen LogP contribution in [0.2, 0.25) is 0 Å². The second-order valence-corrected chi connectivity index (χ2v) is 9.26. The van der Waals surface area contributed by atoms with Crippen LogP contribution in [0.1, 0.15) is 23.2 Å². The van der Waals surface area contributed by atoms with Gasteiger partial charge in [0.2, 0.25) is 12.7 Å². The summed E-state index contributed by atoms with van der Waals surface area (Å²) in [7, 11) is 2.10. The van der Waals surface area contributed by atoms with E-state index in [1.54, 1.807) is 4.68 Å². The van der Waals surface area contributed by atoms with Crippen molar-refractivity contribution in [3.05, 3.63) is 45.5 Å². The topological polar surface area (TPSA) is 88.9 Å². The lowest BCUT2D eigenvalue weighted by Crippen LogP contribution is -2.54. The lowest BCUT2D eigenvalue weighted by atomic mass is 10.2. The van der Waals surface area contributed by atoms with Crippen molar-refractivity contribution in [2.45, 2.75) is 30.8 Å². The molecule has 0 unspecified atom stereocenters. The number of nitrogens with zero attached hydrogens (tertiary/aromatic N) is 4. The number of aromatic nitrogens is 2. The van der Waals surface area contributed by atoms with Crippen LogP contribution in [0.5, 0.6) is 11.5 Å². The number of piperazine rings is 1. The molecule has 1 N–H and O–H groups in total. The predicted octanol–water partition coefficient (Wildman–Crippen LogP) is 0.753. The fraction of sp³-hybridized carbons (Fsp3) is 0.500. The molecule has 3 aliphatic rings. The van der Waals surface area contributed by atoms with E-state index in [0.717, 1.165) is 68.0 Å². The highest BCUT2D eigenvalue weighted by atomic mass is 32.2. The molecule has 10 heteroatoms. The molecule has 3 heterocycles. The fourth-order valence-electron chi connectivity index (χ4n) is 4.35. The summed E-state index contributed by atoms with van der Waals surface area (Å²) in [5.74, 6) is 1.56. The second-order valence-electron chi connectivity index (χ2n) is 8.30. The molecule has 0 saturated carbocycles. The molecule has 2 aliphatic heterocycles. The van der Waals surface area contributed by atoms with E-state index in [-0.39, 0.29) is 24.1 Å². The fourth-order valence-corrected chi connectivity index (χ4v) is 5.26. The van der Waals surface area contributed by atoms with E-state index < -0.39 is 0 Å². The van der Waals surface area contributed by atoms with Gasteiger partial charge in [-0.1, -0.05) is 17.8 Å². The minimum absolute atomic E-state index is 0.0931. The highest BCUT2D eigenvalue weighted by Gasteiger charge is 2.26. The molecule has 2 aromatic rings. The molecule has 1 amide bonds. The van der Waals surface area contributed by atoms with Gasteiger partial charge in [0, 0.05) is 38.3 Å². The highest BCUT2D eigenvalue weighted by molar-refractivity contribution is 7.99. The number of ether oxygens (including phenoxy) is 2. The normalized spacial score (nSPS) is 17.5. The minimum Gasteiger partial charge on any atom is -0.454 e. The molecule has 1 fully saturated rings. The minimum atomic E-state index is -0.238. The second kappa shape index (κ2) is 9.03. The first-order chi connectivity index (χ1) is 15.6. The van der Waals surface area contributed by atoms with Crippen LogP contribution in [0, 0.1) is 0 Å². The molecule has 1 saturated heterocycles. The van der Waals surface area contributed by atoms with Crippen molar-refractivity contribution >= 4 is 17.7 Å². The van der Waals surface area contributed by atoms with Crippen LogP contribution < -0.4 is 25.5 Å². The summed E-state index contributed by atoms with van der Waals surface area (Å²) >= 11 is 1.35. The Balaban J connectivity index is 1.23. The lowest BCUT2D eigenvalue weighted by Gasteiger charge is -2.35. The van der Waals surface area contributed by atoms with Crippen molar-refractivity contribution in [3.63, 3.8) is 0 Å². The molecular formula is C22H27N5O4S. The number of fused-ring (bicyclic) bond motifs is 2. The van der Waals surface area contributed by atoms with Gasteiger partial charge < -0.3 is 24.7 Å². The van der Waals surface area contributed by atoms with Crippen molar-refractivity contribution in [2.75, 3.05) is 50.8 Å². The molecule has 1 aromatic carbocycles. The molecule has 32 heavy (non-hydrogen) atoms. The van der Waals surface area contributed by atoms with E-state index >= 15 is 0 Å². The Labute approximate surface area is 190 Å². The predicted molar refractivity (Wildman–Crippen MR) is 121 cm³/mol. The number of thioether (sulfide) groups is 1. The van der Waals surface area contributed by atoms with Crippen LogP contribution >= 0.6 is 11.8 Å². The first-order valence-corrected chi connectivity index (χ1v) is 11.9. The highest BCUT2D eigenvalue weighted by Crippen LogP contribution is 2.32. The van der Waals surface area contributed by atoms with Gasteiger partial charge in [0.05, 0.1) is 11.4 Å². The van der Waals surface area contributed by atoms with E-state index in [2.05, 4.69) is 27.3 Å². The Kier molecular flexibility index (Phi) is 5.97. The Morgan fingerprint density at radius 2 is 1.97 bits per heavy atom. The maximum Gasteiger partial charge on any atom is 0.367 e. The zero-order valence-corrected chi connectivity index (χ0v) is 18.9. The summed E-state index contributed by atoms with van der Waals surface area (Å²) in [5, 5.41) is 5.75. The monoisotopic (exact) mass is 457 g/mol. The van der Waals surface area contributed by atoms with Gasteiger partial charge in [-0.25, -0.2) is 9.47 Å². The van der Waals surface area contributed by atoms with Crippen LogP contribution in [-0.2, 0) is 24.2 Å². The lowest BCUT2D eigenvalue weighted by molar-refractivity contribution is -0.118. The zero-order valence-electron chi connectivity index (χ0n) is 18.1. The number of carbonyl (C=O) groups is 1. The maximum atomic E-state index is 12.9. The average Bonchev–Trinajstić information content (AvgIpc) is 3.46. The number of carbonyl (C=O) groups excluding carboxylic acids is 1. The molecule has 5 rings (SSSR count). The molecule has 0 bridgehead atoms. The van der Waals surface area contributed by atoms with E-state index in [4.69, 9.17) is 9.47 Å². The summed E-state index contributed by atoms with van der Waals surface area (Å²) in [4.78, 5) is 32.0. The summed E-state index contributed by atoms with van der Waals surface area (Å²) in [6.45, 7) is 4.14. The number of hydrogen-bond acceptors (Lipinski definition) is 8. The van der Waals surface area contributed by atoms with Gasteiger partial charge in [0.15, 0.2) is 11.5 Å². The van der Waals surface area contributed by atoms with E-state index in [1.807, 2.05) is 18.2 Å². The third-order valence-corrected chi connectivity index (χ3v) is 7.13. The van der Waals surface area contributed by atoms with Crippen molar-refractivity contribution in [1.29, 1.82) is 0 Å². The van der Waals surface area contributed by atoms with Crippen LogP contribution in [0.3, 0.4) is 0 Å². The van der Waals surface area contributed by atoms with E-state index in [1.165, 1.54) is 11.8 Å². The number of nitrogens with one attached hydrogen (secondary N) is 1. The smallest absolute Gasteiger partial charge is 0.367 e. The number of benzene rings is 1. The van der Waals surface area contributed by atoms with E-state index in [9.17, 15) is 9.59 Å². The molecule has 0 spiro atoms. The maximum absolute atomic E-state index is 12.9. The number of likely N-dealkylation sites (N-methyl/N-ethyl adjacent to an activating group) is 1. The van der Waals surface area contributed by atoms with Gasteiger partial charge in [-0.15, -0.1) is 0 Å². The Hall–Kier alpha value is -2.72. The van der Waals surface area contributed by atoms with Crippen LogP contribution in [0.4, 0.5) is 0 Å². The van der Waals surface area contributed by atoms with Crippen molar-refractivity contribution in [1.82, 2.24) is 19.9 Å². The molecule has 0 radical (unpaired) electrons. The summed E-state index contributed by atoms with van der Waals surface area (Å²) in [6.07, 6.45) is 2.79. The van der Waals surface area contributed by atoms with Gasteiger partial charge in [-0.3, -0.25) is 4.79 Å². The van der Waals surface area contributed by atoms with Crippen molar-refractivity contribution in [3.8, 4) is 11.5 Å². The largest absolute Gasteiger partial charge is 0.454 e. The number of amides is 1. The Bertz CT molecular complexity index is 1080. The quantitative estimate of drug-likeness (QED) is 0.502. The first-order valence-electron chi connectivity index (χ1n) is 10.9. The van der Waals surface area contributed by atoms with Gasteiger partial charge >= 0.3 is 5.69 Å². The standard InChI is InChI=1S/C22H27N5O4S/c1-25-7-9-26(10-8-25)27-17-4-2-3-16(17)21(24-22(27)29)32-13-20(28)23-12-15-5-6-18-19(11-15)31-14-30-18/h5-6,11H,2-4,7-10,12-14H2,1H3,(H,23,28). The van der Waals surface area contributed by atoms with E-state index in [0.29, 0.717) is 17.3 Å². The molecule has 1 aromatic heterocycles. The number of rotatable bonds is 6.